The van der Waals surface area contributed by atoms with Crippen LogP contribution < -0.4 is 0 Å². The number of phenolic OH excluding ortho intramolecular Hbond substituents is 1. The van der Waals surface area contributed by atoms with E-state index in [1.54, 1.807) is 18.5 Å². The van der Waals surface area contributed by atoms with Crippen molar-refractivity contribution in [2.45, 2.75) is 25.4 Å². The number of rotatable bonds is 3. The molecule has 0 spiro atoms. The first-order valence-electron chi connectivity index (χ1n) is 8.23. The second kappa shape index (κ2) is 6.20. The number of nitrogens with zero attached hydrogens (tertiary/aromatic N) is 4. The number of pyridine rings is 1. The van der Waals surface area contributed by atoms with Crippen LogP contribution in [0, 0.1) is 5.92 Å². The van der Waals surface area contributed by atoms with Gasteiger partial charge in [-0.2, -0.15) is 0 Å². The smallest absolute Gasteiger partial charge is 0.177 e. The number of fused-ring (bicyclic) bond motifs is 1. The van der Waals surface area contributed by atoms with E-state index in [1.165, 1.54) is 6.20 Å². The fraction of sp³-hybridized carbons (Fsp3) is 0.263. The molecule has 2 heterocycles. The van der Waals surface area contributed by atoms with Gasteiger partial charge in [0.25, 0.3) is 0 Å². The van der Waals surface area contributed by atoms with E-state index in [2.05, 4.69) is 26.7 Å². The molecule has 1 aliphatic rings. The first kappa shape index (κ1) is 15.6. The van der Waals surface area contributed by atoms with Gasteiger partial charge in [0, 0.05) is 29.3 Å². The summed E-state index contributed by atoms with van der Waals surface area (Å²) in [5.41, 5.74) is 1.59. The van der Waals surface area contributed by atoms with Crippen LogP contribution >= 0.6 is 0 Å². The number of phenols is 1. The van der Waals surface area contributed by atoms with Gasteiger partial charge in [0.2, 0.25) is 0 Å². The molecule has 25 heavy (non-hydrogen) atoms. The van der Waals surface area contributed by atoms with E-state index >= 15 is 0 Å². The van der Waals surface area contributed by atoms with Crippen LogP contribution in [-0.2, 0) is 0 Å². The molecule has 1 aromatic carbocycles. The predicted molar refractivity (Wildman–Crippen MR) is 93.5 cm³/mol. The second-order valence-corrected chi connectivity index (χ2v) is 6.34. The minimum atomic E-state index is -0.881. The zero-order valence-electron chi connectivity index (χ0n) is 13.6. The molecule has 2 aromatic heterocycles. The monoisotopic (exact) mass is 336 g/mol. The highest BCUT2D eigenvalue weighted by atomic mass is 19.1. The number of alkyl halides is 1. The van der Waals surface area contributed by atoms with E-state index in [0.717, 1.165) is 23.6 Å². The highest BCUT2D eigenvalue weighted by molar-refractivity contribution is 5.89. The summed E-state index contributed by atoms with van der Waals surface area (Å²) < 4.78 is 13.9. The van der Waals surface area contributed by atoms with Crippen molar-refractivity contribution in [1.82, 2.24) is 20.2 Å². The average Bonchev–Trinajstić information content (AvgIpc) is 3.06. The first-order valence-corrected chi connectivity index (χ1v) is 8.23. The van der Waals surface area contributed by atoms with Crippen molar-refractivity contribution in [1.29, 1.82) is 0 Å². The Morgan fingerprint density at radius 1 is 1.16 bits per heavy atom. The van der Waals surface area contributed by atoms with Gasteiger partial charge in [0.15, 0.2) is 5.82 Å². The van der Waals surface area contributed by atoms with Gasteiger partial charge >= 0.3 is 0 Å². The van der Waals surface area contributed by atoms with Crippen LogP contribution in [0.2, 0.25) is 0 Å². The molecule has 5 nitrogen and oxygen atoms in total. The lowest BCUT2D eigenvalue weighted by Crippen LogP contribution is -2.12. The van der Waals surface area contributed by atoms with Gasteiger partial charge in [-0.25, -0.2) is 9.37 Å². The SMILES string of the molecule is C=C(c1ncc(-c2cc3ccncc3cc2O)nn1)[C@H]1CCC[C@H]1F. The van der Waals surface area contributed by atoms with Crippen molar-refractivity contribution in [3.8, 4) is 17.0 Å². The lowest BCUT2D eigenvalue weighted by Gasteiger charge is -2.14. The number of allylic oxidation sites excluding steroid dienone is 1. The van der Waals surface area contributed by atoms with Crippen molar-refractivity contribution in [2.24, 2.45) is 5.92 Å². The maximum absolute atomic E-state index is 13.9. The maximum Gasteiger partial charge on any atom is 0.177 e. The van der Waals surface area contributed by atoms with Gasteiger partial charge in [0.05, 0.1) is 6.20 Å². The third kappa shape index (κ3) is 2.84. The Morgan fingerprint density at radius 3 is 2.76 bits per heavy atom. The Balaban J connectivity index is 1.66. The molecule has 3 aromatic rings. The Labute approximate surface area is 144 Å². The van der Waals surface area contributed by atoms with E-state index in [1.807, 2.05) is 12.1 Å². The maximum atomic E-state index is 13.9. The van der Waals surface area contributed by atoms with Crippen molar-refractivity contribution in [3.05, 3.63) is 49.2 Å². The molecular formula is C19H17FN4O. The molecule has 0 bridgehead atoms. The minimum Gasteiger partial charge on any atom is -0.507 e. The third-order valence-corrected chi connectivity index (χ3v) is 4.76. The van der Waals surface area contributed by atoms with Gasteiger partial charge < -0.3 is 5.11 Å². The van der Waals surface area contributed by atoms with Crippen LogP contribution in [0.5, 0.6) is 5.75 Å². The van der Waals surface area contributed by atoms with Gasteiger partial charge in [-0.3, -0.25) is 4.98 Å². The number of halogens is 1. The van der Waals surface area contributed by atoms with Gasteiger partial charge in [-0.1, -0.05) is 6.58 Å². The summed E-state index contributed by atoms with van der Waals surface area (Å²) in [5, 5.41) is 20.3. The molecule has 0 saturated heterocycles. The number of aromatic hydroxyl groups is 1. The van der Waals surface area contributed by atoms with E-state index in [4.69, 9.17) is 0 Å². The number of benzene rings is 1. The molecule has 4 rings (SSSR count). The van der Waals surface area contributed by atoms with Crippen LogP contribution in [0.3, 0.4) is 0 Å². The predicted octanol–water partition coefficient (Wildman–Crippen LogP) is 3.94. The first-order chi connectivity index (χ1) is 12.1. The fourth-order valence-electron chi connectivity index (χ4n) is 3.35. The Kier molecular flexibility index (Phi) is 3.87. The van der Waals surface area contributed by atoms with E-state index in [-0.39, 0.29) is 11.7 Å². The molecular weight excluding hydrogens is 319 g/mol. The van der Waals surface area contributed by atoms with Crippen molar-refractivity contribution in [3.63, 3.8) is 0 Å². The summed E-state index contributed by atoms with van der Waals surface area (Å²) in [6, 6.07) is 5.32. The Morgan fingerprint density at radius 2 is 2.04 bits per heavy atom. The number of aromatic nitrogens is 4. The molecule has 1 fully saturated rings. The van der Waals surface area contributed by atoms with Crippen molar-refractivity contribution >= 4 is 16.3 Å². The molecule has 0 unspecified atom stereocenters. The molecule has 126 valence electrons. The second-order valence-electron chi connectivity index (χ2n) is 6.34. The Bertz CT molecular complexity index is 942. The summed E-state index contributed by atoms with van der Waals surface area (Å²) in [5.74, 6) is 0.222. The van der Waals surface area contributed by atoms with Gasteiger partial charge in [0.1, 0.15) is 17.6 Å². The molecule has 0 aliphatic heterocycles. The summed E-state index contributed by atoms with van der Waals surface area (Å²) in [7, 11) is 0. The molecule has 1 aliphatic carbocycles. The topological polar surface area (TPSA) is 71.8 Å². The van der Waals surface area contributed by atoms with E-state index in [0.29, 0.717) is 29.1 Å². The fourth-order valence-corrected chi connectivity index (χ4v) is 3.35. The van der Waals surface area contributed by atoms with Crippen LogP contribution in [0.1, 0.15) is 25.1 Å². The van der Waals surface area contributed by atoms with Crippen molar-refractivity contribution < 1.29 is 9.50 Å². The highest BCUT2D eigenvalue weighted by Gasteiger charge is 2.31. The summed E-state index contributed by atoms with van der Waals surface area (Å²) >= 11 is 0. The number of hydrogen-bond donors (Lipinski definition) is 1. The van der Waals surface area contributed by atoms with Crippen LogP contribution in [-0.4, -0.2) is 31.4 Å². The van der Waals surface area contributed by atoms with Crippen LogP contribution in [0.25, 0.3) is 27.6 Å². The number of hydrogen-bond acceptors (Lipinski definition) is 5. The largest absolute Gasteiger partial charge is 0.507 e. The molecule has 6 heteroatoms. The quantitative estimate of drug-likeness (QED) is 0.784. The highest BCUT2D eigenvalue weighted by Crippen LogP contribution is 2.37. The van der Waals surface area contributed by atoms with Crippen molar-refractivity contribution in [2.75, 3.05) is 0 Å². The summed E-state index contributed by atoms with van der Waals surface area (Å²) in [6.45, 7) is 3.96. The summed E-state index contributed by atoms with van der Waals surface area (Å²) in [6.07, 6.45) is 6.22. The molecule has 1 saturated carbocycles. The molecule has 1 N–H and O–H groups in total. The van der Waals surface area contributed by atoms with Gasteiger partial charge in [-0.05, 0) is 48.4 Å². The van der Waals surface area contributed by atoms with E-state index in [9.17, 15) is 9.50 Å². The molecule has 0 amide bonds. The lowest BCUT2D eigenvalue weighted by atomic mass is 9.97. The zero-order chi connectivity index (χ0) is 17.4. The van der Waals surface area contributed by atoms with Crippen LogP contribution in [0.15, 0.2) is 43.4 Å². The van der Waals surface area contributed by atoms with Crippen LogP contribution in [0.4, 0.5) is 4.39 Å². The minimum absolute atomic E-state index is 0.0859. The Hall–Kier alpha value is -2.89. The average molecular weight is 336 g/mol. The normalized spacial score (nSPS) is 20.0. The third-order valence-electron chi connectivity index (χ3n) is 4.76. The van der Waals surface area contributed by atoms with E-state index < -0.39 is 6.17 Å². The molecule has 0 radical (unpaired) electrons. The lowest BCUT2D eigenvalue weighted by molar-refractivity contribution is 0.302. The molecule has 2 atom stereocenters. The summed E-state index contributed by atoms with van der Waals surface area (Å²) in [4.78, 5) is 8.33. The standard InChI is InChI=1S/C19H17FN4O/c1-11(14-3-2-4-16(14)20)19-22-10-17(23-24-19)15-7-12-5-6-21-9-13(12)8-18(15)25/h5-10,14,16,25H,1-4H2/t14-,16-/m1/s1. The zero-order valence-corrected chi connectivity index (χ0v) is 13.6. The van der Waals surface area contributed by atoms with Gasteiger partial charge in [-0.15, -0.1) is 10.2 Å².